The third-order valence-corrected chi connectivity index (χ3v) is 4.41. The number of ether oxygens (including phenoxy) is 2. The van der Waals surface area contributed by atoms with Crippen LogP contribution in [0.25, 0.3) is 0 Å². The Morgan fingerprint density at radius 1 is 1.21 bits per heavy atom. The molecule has 1 rings (SSSR count). The molecule has 0 radical (unpaired) electrons. The summed E-state index contributed by atoms with van der Waals surface area (Å²) in [5.41, 5.74) is 0. The average molecular weight is 435 g/mol. The summed E-state index contributed by atoms with van der Waals surface area (Å²) in [6.07, 6.45) is -11.7. The van der Waals surface area contributed by atoms with E-state index >= 15 is 0 Å². The monoisotopic (exact) mass is 435 g/mol. The molecule has 28 heavy (non-hydrogen) atoms. The van der Waals surface area contributed by atoms with Crippen LogP contribution in [0.5, 0.6) is 0 Å². The highest BCUT2D eigenvalue weighted by molar-refractivity contribution is 7.46. The number of aliphatic hydroxyl groups is 6. The van der Waals surface area contributed by atoms with Crippen LogP contribution in [0.4, 0.5) is 0 Å². The van der Waals surface area contributed by atoms with Crippen LogP contribution in [0, 0.1) is 0 Å². The Morgan fingerprint density at radius 2 is 1.82 bits per heavy atom. The summed E-state index contributed by atoms with van der Waals surface area (Å²) in [5, 5.41) is 60.2. The molecule has 0 unspecified atom stereocenters. The van der Waals surface area contributed by atoms with Gasteiger partial charge < -0.3 is 55.2 Å². The van der Waals surface area contributed by atoms with Gasteiger partial charge in [0.05, 0.1) is 19.8 Å². The van der Waals surface area contributed by atoms with Gasteiger partial charge in [-0.15, -0.1) is 0 Å². The molecule has 1 fully saturated rings. The molecule has 1 aliphatic heterocycles. The quantitative estimate of drug-likeness (QED) is 0.147. The number of carbonyl (C=O) groups excluding carboxylic acids is 1. The molecule has 15 heteroatoms. The van der Waals surface area contributed by atoms with Crippen LogP contribution < -0.4 is 5.32 Å². The van der Waals surface area contributed by atoms with Crippen LogP contribution in [-0.4, -0.2) is 115 Å². The van der Waals surface area contributed by atoms with E-state index in [1.165, 1.54) is 0 Å². The third kappa shape index (κ3) is 7.26. The van der Waals surface area contributed by atoms with Crippen LogP contribution in [0.2, 0.25) is 0 Å². The minimum atomic E-state index is -5.00. The van der Waals surface area contributed by atoms with E-state index in [0.717, 1.165) is 6.92 Å². The fourth-order valence-electron chi connectivity index (χ4n) is 2.50. The second kappa shape index (κ2) is 10.9. The molecule has 0 aliphatic carbocycles. The molecule has 14 nitrogen and oxygen atoms in total. The average Bonchev–Trinajstić information content (AvgIpc) is 2.61. The lowest BCUT2D eigenvalue weighted by Gasteiger charge is -2.43. The van der Waals surface area contributed by atoms with Gasteiger partial charge in [0.25, 0.3) is 0 Å². The summed E-state index contributed by atoms with van der Waals surface area (Å²) in [6.45, 7) is -1.57. The van der Waals surface area contributed by atoms with E-state index in [1.807, 2.05) is 0 Å². The van der Waals surface area contributed by atoms with E-state index in [0.29, 0.717) is 0 Å². The molecule has 1 saturated heterocycles. The summed E-state index contributed by atoms with van der Waals surface area (Å²) in [6, 6.07) is -1.41. The first-order valence-corrected chi connectivity index (χ1v) is 9.66. The maximum absolute atomic E-state index is 11.4. The van der Waals surface area contributed by atoms with Crippen LogP contribution in [-0.2, 0) is 23.4 Å². The van der Waals surface area contributed by atoms with Gasteiger partial charge in [-0.05, 0) is 0 Å². The van der Waals surface area contributed by atoms with E-state index in [2.05, 4.69) is 9.84 Å². The molecular formula is C13H26NO13P. The van der Waals surface area contributed by atoms with Gasteiger partial charge in [0, 0.05) is 6.92 Å². The first-order chi connectivity index (χ1) is 12.9. The van der Waals surface area contributed by atoms with E-state index < -0.39 is 82.5 Å². The van der Waals surface area contributed by atoms with Crippen molar-refractivity contribution in [2.45, 2.75) is 55.9 Å². The van der Waals surface area contributed by atoms with Crippen LogP contribution in [0.3, 0.4) is 0 Å². The number of nitrogens with one attached hydrogen (secondary N) is 1. The van der Waals surface area contributed by atoms with Crippen LogP contribution in [0.15, 0.2) is 0 Å². The number of aliphatic hydroxyl groups excluding tert-OH is 6. The molecule has 8 atom stereocenters. The van der Waals surface area contributed by atoms with Crippen LogP contribution >= 0.6 is 7.82 Å². The van der Waals surface area contributed by atoms with E-state index in [1.54, 1.807) is 0 Å². The predicted molar refractivity (Wildman–Crippen MR) is 87.3 cm³/mol. The van der Waals surface area contributed by atoms with Gasteiger partial charge >= 0.3 is 7.82 Å². The molecule has 166 valence electrons. The molecule has 1 aliphatic rings. The minimum absolute atomic E-state index is 0.658. The summed E-state index contributed by atoms with van der Waals surface area (Å²) >= 11 is 0. The van der Waals surface area contributed by atoms with Crippen molar-refractivity contribution in [3.05, 3.63) is 0 Å². The standard InChI is InChI=1S/C13H26NO13P/c1-5(17)14-9-12(21)11(20)7(3-16)26-13(9)27-8(4-25-28(22,23)24)10(19)6(18)2-15/h6-13,15-16,18-21H,2-4H2,1H3,(H,14,17)(H2,22,23,24)/t6-,7+,8+,9+,10-,11+,12+,13-/m0/s1. The van der Waals surface area contributed by atoms with E-state index in [4.69, 9.17) is 24.4 Å². The molecule has 0 saturated carbocycles. The summed E-state index contributed by atoms with van der Waals surface area (Å²) < 4.78 is 25.8. The molecular weight excluding hydrogens is 409 g/mol. The Morgan fingerprint density at radius 3 is 2.29 bits per heavy atom. The molecule has 0 aromatic rings. The second-order valence-corrected chi connectivity index (χ2v) is 7.37. The SMILES string of the molecule is CC(=O)N[C@H]1[C@H](O[C@H](COP(=O)(O)O)[C@@H](O)[C@@H](O)CO)O[C@H](CO)[C@@H](O)[C@@H]1O. The topological polar surface area (TPSA) is 236 Å². The van der Waals surface area contributed by atoms with Gasteiger partial charge in [0.15, 0.2) is 6.29 Å². The smallest absolute Gasteiger partial charge is 0.394 e. The summed E-state index contributed by atoms with van der Waals surface area (Å²) in [4.78, 5) is 29.0. The van der Waals surface area contributed by atoms with E-state index in [9.17, 15) is 34.9 Å². The lowest BCUT2D eigenvalue weighted by molar-refractivity contribution is -0.294. The predicted octanol–water partition coefficient (Wildman–Crippen LogP) is -4.86. The summed E-state index contributed by atoms with van der Waals surface area (Å²) in [7, 11) is -5.00. The largest absolute Gasteiger partial charge is 0.469 e. The minimum Gasteiger partial charge on any atom is -0.394 e. The van der Waals surface area contributed by atoms with Gasteiger partial charge in [-0.2, -0.15) is 0 Å². The number of phosphoric acid groups is 1. The first kappa shape index (κ1) is 25.3. The molecule has 0 aromatic heterocycles. The maximum atomic E-state index is 11.4. The number of phosphoric ester groups is 1. The Bertz CT molecular complexity index is 545. The highest BCUT2D eigenvalue weighted by atomic mass is 31.2. The molecule has 9 N–H and O–H groups in total. The van der Waals surface area contributed by atoms with Gasteiger partial charge in [0.1, 0.15) is 42.7 Å². The van der Waals surface area contributed by atoms with Crippen molar-refractivity contribution < 1.29 is 63.8 Å². The number of amides is 1. The zero-order valence-corrected chi connectivity index (χ0v) is 15.7. The highest BCUT2D eigenvalue weighted by Crippen LogP contribution is 2.36. The van der Waals surface area contributed by atoms with Gasteiger partial charge in [-0.3, -0.25) is 9.32 Å². The van der Waals surface area contributed by atoms with Crippen molar-refractivity contribution in [1.29, 1.82) is 0 Å². The van der Waals surface area contributed by atoms with Gasteiger partial charge in [0.2, 0.25) is 5.91 Å². The Hall–Kier alpha value is -0.740. The second-order valence-electron chi connectivity index (χ2n) is 6.13. The number of hydrogen-bond donors (Lipinski definition) is 9. The van der Waals surface area contributed by atoms with Crippen molar-refractivity contribution in [3.63, 3.8) is 0 Å². The van der Waals surface area contributed by atoms with E-state index in [-0.39, 0.29) is 0 Å². The van der Waals surface area contributed by atoms with Gasteiger partial charge in [-0.1, -0.05) is 0 Å². The Kier molecular flexibility index (Phi) is 9.82. The van der Waals surface area contributed by atoms with Crippen molar-refractivity contribution in [3.8, 4) is 0 Å². The summed E-state index contributed by atoms with van der Waals surface area (Å²) in [5.74, 6) is -0.658. The molecule has 0 bridgehead atoms. The molecule has 0 spiro atoms. The Balaban J connectivity index is 3.07. The normalized spacial score (nSPS) is 31.8. The fourth-order valence-corrected chi connectivity index (χ4v) is 2.84. The first-order valence-electron chi connectivity index (χ1n) is 8.13. The number of rotatable bonds is 10. The van der Waals surface area contributed by atoms with Crippen molar-refractivity contribution >= 4 is 13.7 Å². The highest BCUT2D eigenvalue weighted by Gasteiger charge is 2.47. The third-order valence-electron chi connectivity index (χ3n) is 3.93. The van der Waals surface area contributed by atoms with Crippen molar-refractivity contribution in [1.82, 2.24) is 5.32 Å². The zero-order valence-electron chi connectivity index (χ0n) is 14.8. The zero-order chi connectivity index (χ0) is 21.6. The van der Waals surface area contributed by atoms with Gasteiger partial charge in [-0.25, -0.2) is 4.57 Å². The van der Waals surface area contributed by atoms with Crippen molar-refractivity contribution in [2.24, 2.45) is 0 Å². The number of carbonyl (C=O) groups is 1. The molecule has 0 aromatic carbocycles. The fraction of sp³-hybridized carbons (Fsp3) is 0.923. The lowest BCUT2D eigenvalue weighted by atomic mass is 9.96. The number of hydrogen-bond acceptors (Lipinski definition) is 11. The van der Waals surface area contributed by atoms with Crippen molar-refractivity contribution in [2.75, 3.05) is 19.8 Å². The van der Waals surface area contributed by atoms with Crippen LogP contribution in [0.1, 0.15) is 6.92 Å². The Labute approximate surface area is 159 Å². The lowest BCUT2D eigenvalue weighted by Crippen LogP contribution is -2.65. The maximum Gasteiger partial charge on any atom is 0.469 e. The molecule has 1 heterocycles. The molecule has 1 amide bonds.